The molecule has 2 aromatic rings. The van der Waals surface area contributed by atoms with Crippen molar-refractivity contribution in [2.75, 3.05) is 20.6 Å². The van der Waals surface area contributed by atoms with Crippen LogP contribution in [0.5, 0.6) is 0 Å². The first-order valence-corrected chi connectivity index (χ1v) is 7.09. The number of nitrogens with two attached hydrogens (primary N) is 1. The number of rotatable bonds is 6. The molecule has 0 spiro atoms. The minimum atomic E-state index is -0.259. The molecule has 0 aliphatic heterocycles. The Bertz CT molecular complexity index is 577. The number of imidazole rings is 1. The van der Waals surface area contributed by atoms with Crippen LogP contribution in [-0.4, -0.2) is 35.1 Å². The number of hydrogen-bond donors (Lipinski definition) is 1. The molecular weight excluding hydrogens is 255 g/mol. The summed E-state index contributed by atoms with van der Waals surface area (Å²) in [6.07, 6.45) is 1.89. The van der Waals surface area contributed by atoms with Crippen molar-refractivity contribution in [2.45, 2.75) is 32.4 Å². The van der Waals surface area contributed by atoms with Crippen LogP contribution in [0.4, 0.5) is 4.39 Å². The van der Waals surface area contributed by atoms with Crippen molar-refractivity contribution in [3.63, 3.8) is 0 Å². The summed E-state index contributed by atoms with van der Waals surface area (Å²) in [4.78, 5) is 6.66. The van der Waals surface area contributed by atoms with Crippen LogP contribution in [0.3, 0.4) is 0 Å². The Kier molecular flexibility index (Phi) is 4.73. The molecule has 0 saturated heterocycles. The highest BCUT2D eigenvalue weighted by Crippen LogP contribution is 2.23. The van der Waals surface area contributed by atoms with E-state index in [0.29, 0.717) is 5.52 Å². The standard InChI is InChI=1S/C15H23FN4/c1-4-5-12(17)15-18-13-10-11(16)6-7-14(13)20(15)9-8-19(2)3/h6-7,10,12H,4-5,8-9,17H2,1-3H3. The highest BCUT2D eigenvalue weighted by molar-refractivity contribution is 5.76. The van der Waals surface area contributed by atoms with E-state index in [1.165, 1.54) is 12.1 Å². The van der Waals surface area contributed by atoms with Gasteiger partial charge < -0.3 is 15.2 Å². The number of nitrogens with zero attached hydrogens (tertiary/aromatic N) is 3. The van der Waals surface area contributed by atoms with Crippen LogP contribution < -0.4 is 5.73 Å². The lowest BCUT2D eigenvalue weighted by Gasteiger charge is -2.16. The van der Waals surface area contributed by atoms with Crippen LogP contribution in [0, 0.1) is 5.82 Å². The number of halogens is 1. The quantitative estimate of drug-likeness (QED) is 0.883. The Morgan fingerprint density at radius 3 is 2.80 bits per heavy atom. The van der Waals surface area contributed by atoms with Crippen molar-refractivity contribution in [2.24, 2.45) is 5.73 Å². The van der Waals surface area contributed by atoms with Gasteiger partial charge in [0.05, 0.1) is 17.1 Å². The highest BCUT2D eigenvalue weighted by Gasteiger charge is 2.16. The van der Waals surface area contributed by atoms with Crippen LogP contribution >= 0.6 is 0 Å². The van der Waals surface area contributed by atoms with Gasteiger partial charge in [-0.1, -0.05) is 13.3 Å². The molecule has 0 aliphatic rings. The number of likely N-dealkylation sites (N-methyl/N-ethyl adjacent to an activating group) is 1. The molecule has 1 atom stereocenters. The Morgan fingerprint density at radius 2 is 2.15 bits per heavy atom. The maximum absolute atomic E-state index is 13.4. The Hall–Kier alpha value is -1.46. The fourth-order valence-corrected chi connectivity index (χ4v) is 2.38. The van der Waals surface area contributed by atoms with Crippen molar-refractivity contribution in [3.8, 4) is 0 Å². The molecule has 0 fully saturated rings. The lowest BCUT2D eigenvalue weighted by molar-refractivity contribution is 0.380. The van der Waals surface area contributed by atoms with Gasteiger partial charge in [0, 0.05) is 19.2 Å². The van der Waals surface area contributed by atoms with E-state index in [4.69, 9.17) is 5.73 Å². The molecule has 1 heterocycles. The number of benzene rings is 1. The minimum Gasteiger partial charge on any atom is -0.325 e. The van der Waals surface area contributed by atoms with E-state index in [-0.39, 0.29) is 11.9 Å². The van der Waals surface area contributed by atoms with Crippen molar-refractivity contribution in [1.82, 2.24) is 14.5 Å². The van der Waals surface area contributed by atoms with E-state index in [0.717, 1.165) is 37.3 Å². The van der Waals surface area contributed by atoms with E-state index in [2.05, 4.69) is 21.4 Å². The van der Waals surface area contributed by atoms with E-state index in [9.17, 15) is 4.39 Å². The molecule has 1 unspecified atom stereocenters. The normalized spacial score (nSPS) is 13.3. The van der Waals surface area contributed by atoms with E-state index < -0.39 is 0 Å². The number of aromatic nitrogens is 2. The smallest absolute Gasteiger partial charge is 0.126 e. The molecule has 1 aromatic carbocycles. The third-order valence-corrected chi connectivity index (χ3v) is 3.44. The lowest BCUT2D eigenvalue weighted by atomic mass is 10.1. The predicted molar refractivity (Wildman–Crippen MR) is 80.1 cm³/mol. The second-order valence-electron chi connectivity index (χ2n) is 5.45. The zero-order valence-corrected chi connectivity index (χ0v) is 12.4. The molecule has 5 heteroatoms. The third kappa shape index (κ3) is 3.16. The van der Waals surface area contributed by atoms with Gasteiger partial charge in [-0.25, -0.2) is 9.37 Å². The van der Waals surface area contributed by atoms with E-state index in [1.54, 1.807) is 6.07 Å². The van der Waals surface area contributed by atoms with Gasteiger partial charge >= 0.3 is 0 Å². The largest absolute Gasteiger partial charge is 0.325 e. The number of hydrogen-bond acceptors (Lipinski definition) is 3. The monoisotopic (exact) mass is 278 g/mol. The summed E-state index contributed by atoms with van der Waals surface area (Å²) in [5.74, 6) is 0.597. The van der Waals surface area contributed by atoms with E-state index >= 15 is 0 Å². The summed E-state index contributed by atoms with van der Waals surface area (Å²) in [5, 5.41) is 0. The average molecular weight is 278 g/mol. The molecule has 20 heavy (non-hydrogen) atoms. The zero-order chi connectivity index (χ0) is 14.7. The van der Waals surface area contributed by atoms with Crippen molar-refractivity contribution in [1.29, 1.82) is 0 Å². The third-order valence-electron chi connectivity index (χ3n) is 3.44. The summed E-state index contributed by atoms with van der Waals surface area (Å²) in [5.41, 5.74) is 7.86. The maximum Gasteiger partial charge on any atom is 0.126 e. The molecule has 2 N–H and O–H groups in total. The summed E-state index contributed by atoms with van der Waals surface area (Å²) < 4.78 is 15.5. The first-order chi connectivity index (χ1) is 9.52. The fourth-order valence-electron chi connectivity index (χ4n) is 2.38. The molecule has 0 saturated carbocycles. The van der Waals surface area contributed by atoms with Gasteiger partial charge in [0.2, 0.25) is 0 Å². The average Bonchev–Trinajstić information content (AvgIpc) is 2.74. The summed E-state index contributed by atoms with van der Waals surface area (Å²) in [7, 11) is 4.06. The molecule has 2 rings (SSSR count). The van der Waals surface area contributed by atoms with Crippen molar-refractivity contribution in [3.05, 3.63) is 29.8 Å². The van der Waals surface area contributed by atoms with Gasteiger partial charge in [-0.2, -0.15) is 0 Å². The van der Waals surface area contributed by atoms with Gasteiger partial charge in [0.25, 0.3) is 0 Å². The fraction of sp³-hybridized carbons (Fsp3) is 0.533. The van der Waals surface area contributed by atoms with Crippen molar-refractivity contribution < 1.29 is 4.39 Å². The molecule has 4 nitrogen and oxygen atoms in total. The second-order valence-corrected chi connectivity index (χ2v) is 5.45. The molecule has 1 aromatic heterocycles. The first kappa shape index (κ1) is 14.9. The summed E-state index contributed by atoms with van der Waals surface area (Å²) in [6, 6.07) is 4.64. The molecule has 0 aliphatic carbocycles. The topological polar surface area (TPSA) is 47.1 Å². The van der Waals surface area contributed by atoms with Gasteiger partial charge in [-0.15, -0.1) is 0 Å². The predicted octanol–water partition coefficient (Wildman–Crippen LogP) is 2.54. The molecule has 0 radical (unpaired) electrons. The summed E-state index contributed by atoms with van der Waals surface area (Å²) in [6.45, 7) is 3.81. The Morgan fingerprint density at radius 1 is 1.40 bits per heavy atom. The van der Waals surface area contributed by atoms with Gasteiger partial charge in [0.1, 0.15) is 11.6 Å². The molecule has 0 bridgehead atoms. The van der Waals surface area contributed by atoms with Crippen LogP contribution in [0.15, 0.2) is 18.2 Å². The van der Waals surface area contributed by atoms with Crippen LogP contribution in [0.25, 0.3) is 11.0 Å². The molecular formula is C15H23FN4. The Labute approximate surface area is 119 Å². The molecule has 0 amide bonds. The molecule has 110 valence electrons. The van der Waals surface area contributed by atoms with Gasteiger partial charge in [-0.05, 0) is 32.6 Å². The highest BCUT2D eigenvalue weighted by atomic mass is 19.1. The zero-order valence-electron chi connectivity index (χ0n) is 12.4. The van der Waals surface area contributed by atoms with Gasteiger partial charge in [0.15, 0.2) is 0 Å². The van der Waals surface area contributed by atoms with Crippen molar-refractivity contribution >= 4 is 11.0 Å². The van der Waals surface area contributed by atoms with Crippen LogP contribution in [-0.2, 0) is 6.54 Å². The maximum atomic E-state index is 13.4. The van der Waals surface area contributed by atoms with E-state index in [1.807, 2.05) is 14.1 Å². The first-order valence-electron chi connectivity index (χ1n) is 7.09. The lowest BCUT2D eigenvalue weighted by Crippen LogP contribution is -2.22. The van der Waals surface area contributed by atoms with Crippen LogP contribution in [0.2, 0.25) is 0 Å². The van der Waals surface area contributed by atoms with Crippen LogP contribution in [0.1, 0.15) is 31.6 Å². The SMILES string of the molecule is CCCC(N)c1nc2cc(F)ccc2n1CCN(C)C. The number of fused-ring (bicyclic) bond motifs is 1. The second kappa shape index (κ2) is 6.33. The minimum absolute atomic E-state index is 0.0994. The Balaban J connectivity index is 2.44. The van der Waals surface area contributed by atoms with Gasteiger partial charge in [-0.3, -0.25) is 0 Å². The summed E-state index contributed by atoms with van der Waals surface area (Å²) >= 11 is 0.